The van der Waals surface area contributed by atoms with E-state index in [1.165, 1.54) is 29.5 Å². The summed E-state index contributed by atoms with van der Waals surface area (Å²) < 4.78 is 27.4. The van der Waals surface area contributed by atoms with Gasteiger partial charge in [0.15, 0.2) is 0 Å². The molecule has 0 aliphatic carbocycles. The number of nitrogens with two attached hydrogens (primary N) is 1. The third kappa shape index (κ3) is 4.23. The number of benzene rings is 1. The van der Waals surface area contributed by atoms with Crippen LogP contribution in [0.3, 0.4) is 0 Å². The highest BCUT2D eigenvalue weighted by Gasteiger charge is 2.38. The first kappa shape index (κ1) is 20.8. The molecule has 0 bridgehead atoms. The van der Waals surface area contributed by atoms with Gasteiger partial charge in [-0.05, 0) is 30.0 Å². The van der Waals surface area contributed by atoms with E-state index in [9.17, 15) is 18.4 Å². The molecule has 1 saturated heterocycles. The average Bonchev–Trinajstić information content (AvgIpc) is 3.22. The molecule has 8 nitrogen and oxygen atoms in total. The van der Waals surface area contributed by atoms with Crippen molar-refractivity contribution >= 4 is 23.8 Å². The van der Waals surface area contributed by atoms with Crippen molar-refractivity contribution in [2.75, 3.05) is 18.0 Å². The highest BCUT2D eigenvalue weighted by Crippen LogP contribution is 2.34. The zero-order valence-corrected chi connectivity index (χ0v) is 16.9. The number of primary amides is 1. The number of carbonyl (C=O) groups is 2. The molecule has 2 aliphatic heterocycles. The molecule has 31 heavy (non-hydrogen) atoms. The molecule has 1 fully saturated rings. The Balaban J connectivity index is 1.48. The van der Waals surface area contributed by atoms with Crippen molar-refractivity contribution < 1.29 is 18.4 Å². The van der Waals surface area contributed by atoms with Gasteiger partial charge in [-0.1, -0.05) is 6.92 Å². The Morgan fingerprint density at radius 2 is 1.87 bits per heavy atom. The van der Waals surface area contributed by atoms with Crippen molar-refractivity contribution in [2.45, 2.75) is 25.8 Å². The van der Waals surface area contributed by atoms with E-state index in [4.69, 9.17) is 5.73 Å². The number of hydrogen-bond donors (Lipinski definition) is 1. The second-order valence-electron chi connectivity index (χ2n) is 7.88. The molecule has 2 amide bonds. The molecule has 1 aromatic carbocycles. The summed E-state index contributed by atoms with van der Waals surface area (Å²) in [6, 6.07) is 4.29. The number of hydrogen-bond acceptors (Lipinski definition) is 6. The number of halogens is 2. The SMILES string of the molecule is C[C@@H]1CN(c2cc(C(N)=O)ncn2)CC[C@@H]1C(=O)N1N=CC[C@@H]1c1cc(F)cc(F)c1. The molecule has 4 rings (SSSR count). The Kier molecular flexibility index (Phi) is 5.62. The minimum atomic E-state index is -0.684. The van der Waals surface area contributed by atoms with Gasteiger partial charge in [-0.25, -0.2) is 23.8 Å². The fourth-order valence-corrected chi connectivity index (χ4v) is 4.22. The Labute approximate surface area is 177 Å². The maximum Gasteiger partial charge on any atom is 0.267 e. The summed E-state index contributed by atoms with van der Waals surface area (Å²) in [6.07, 6.45) is 3.83. The molecule has 10 heteroatoms. The van der Waals surface area contributed by atoms with E-state index in [2.05, 4.69) is 15.1 Å². The van der Waals surface area contributed by atoms with Crippen LogP contribution in [-0.4, -0.2) is 46.1 Å². The highest BCUT2D eigenvalue weighted by atomic mass is 19.1. The minimum absolute atomic E-state index is 0.0334. The van der Waals surface area contributed by atoms with Crippen LogP contribution >= 0.6 is 0 Å². The third-order valence-electron chi connectivity index (χ3n) is 5.78. The lowest BCUT2D eigenvalue weighted by molar-refractivity contribution is -0.139. The summed E-state index contributed by atoms with van der Waals surface area (Å²) in [5, 5.41) is 5.55. The van der Waals surface area contributed by atoms with E-state index < -0.39 is 23.6 Å². The van der Waals surface area contributed by atoms with Crippen molar-refractivity contribution in [1.82, 2.24) is 15.0 Å². The van der Waals surface area contributed by atoms with Crippen molar-refractivity contribution in [3.05, 3.63) is 53.5 Å². The fourth-order valence-electron chi connectivity index (χ4n) is 4.22. The van der Waals surface area contributed by atoms with Crippen LogP contribution in [0.25, 0.3) is 0 Å². The van der Waals surface area contributed by atoms with Crippen LogP contribution < -0.4 is 10.6 Å². The first-order chi connectivity index (χ1) is 14.8. The lowest BCUT2D eigenvalue weighted by atomic mass is 9.85. The summed E-state index contributed by atoms with van der Waals surface area (Å²) in [4.78, 5) is 34.7. The van der Waals surface area contributed by atoms with Gasteiger partial charge in [0.25, 0.3) is 5.91 Å². The quantitative estimate of drug-likeness (QED) is 0.805. The van der Waals surface area contributed by atoms with E-state index in [1.807, 2.05) is 11.8 Å². The third-order valence-corrected chi connectivity index (χ3v) is 5.78. The predicted molar refractivity (Wildman–Crippen MR) is 109 cm³/mol. The Morgan fingerprint density at radius 3 is 2.55 bits per heavy atom. The monoisotopic (exact) mass is 428 g/mol. The number of anilines is 1. The zero-order valence-electron chi connectivity index (χ0n) is 16.9. The second kappa shape index (κ2) is 8.37. The van der Waals surface area contributed by atoms with Crippen LogP contribution in [0.5, 0.6) is 0 Å². The van der Waals surface area contributed by atoms with Crippen molar-refractivity contribution in [2.24, 2.45) is 22.7 Å². The smallest absolute Gasteiger partial charge is 0.267 e. The number of nitrogens with zero attached hydrogens (tertiary/aromatic N) is 5. The van der Waals surface area contributed by atoms with E-state index >= 15 is 0 Å². The first-order valence-corrected chi connectivity index (χ1v) is 10.0. The molecule has 3 atom stereocenters. The van der Waals surface area contributed by atoms with Crippen molar-refractivity contribution in [3.63, 3.8) is 0 Å². The number of rotatable bonds is 4. The van der Waals surface area contributed by atoms with Crippen molar-refractivity contribution in [3.8, 4) is 0 Å². The summed E-state index contributed by atoms with van der Waals surface area (Å²) in [5.74, 6) is -1.93. The van der Waals surface area contributed by atoms with Crippen LogP contribution in [0.2, 0.25) is 0 Å². The molecule has 0 spiro atoms. The van der Waals surface area contributed by atoms with Crippen LogP contribution in [0.15, 0.2) is 35.7 Å². The summed E-state index contributed by atoms with van der Waals surface area (Å²) in [7, 11) is 0. The molecule has 0 saturated carbocycles. The zero-order chi connectivity index (χ0) is 22.1. The average molecular weight is 428 g/mol. The van der Waals surface area contributed by atoms with Gasteiger partial charge in [-0.2, -0.15) is 5.10 Å². The van der Waals surface area contributed by atoms with Crippen LogP contribution in [0, 0.1) is 23.5 Å². The summed E-state index contributed by atoms with van der Waals surface area (Å²) >= 11 is 0. The largest absolute Gasteiger partial charge is 0.364 e. The van der Waals surface area contributed by atoms with Crippen LogP contribution in [0.4, 0.5) is 14.6 Å². The maximum absolute atomic E-state index is 13.7. The van der Waals surface area contributed by atoms with E-state index in [0.29, 0.717) is 37.3 Å². The number of carbonyl (C=O) groups excluding carboxylic acids is 2. The Bertz CT molecular complexity index is 1030. The lowest BCUT2D eigenvalue weighted by Crippen LogP contribution is -2.46. The summed E-state index contributed by atoms with van der Waals surface area (Å²) in [5.41, 5.74) is 5.81. The van der Waals surface area contributed by atoms with Gasteiger partial charge in [0.05, 0.1) is 6.04 Å². The number of amides is 2. The number of piperidine rings is 1. The molecule has 0 radical (unpaired) electrons. The maximum atomic E-state index is 13.7. The fraction of sp³-hybridized carbons (Fsp3) is 0.381. The van der Waals surface area contributed by atoms with Gasteiger partial charge in [0.1, 0.15) is 29.5 Å². The minimum Gasteiger partial charge on any atom is -0.364 e. The molecule has 1 aromatic heterocycles. The van der Waals surface area contributed by atoms with Gasteiger partial charge in [-0.15, -0.1) is 0 Å². The molecule has 162 valence electrons. The molecular weight excluding hydrogens is 406 g/mol. The second-order valence-corrected chi connectivity index (χ2v) is 7.88. The van der Waals surface area contributed by atoms with Crippen molar-refractivity contribution in [1.29, 1.82) is 0 Å². The lowest BCUT2D eigenvalue weighted by Gasteiger charge is -2.38. The van der Waals surface area contributed by atoms with Gasteiger partial charge >= 0.3 is 0 Å². The Hall–Kier alpha value is -3.43. The summed E-state index contributed by atoms with van der Waals surface area (Å²) in [6.45, 7) is 3.05. The topological polar surface area (TPSA) is 105 Å². The van der Waals surface area contributed by atoms with E-state index in [1.54, 1.807) is 6.21 Å². The Morgan fingerprint density at radius 1 is 1.13 bits per heavy atom. The number of hydrazone groups is 1. The van der Waals surface area contributed by atoms with Gasteiger partial charge in [-0.3, -0.25) is 9.59 Å². The van der Waals surface area contributed by atoms with Crippen LogP contribution in [-0.2, 0) is 4.79 Å². The van der Waals surface area contributed by atoms with E-state index in [-0.39, 0.29) is 23.4 Å². The standard InChI is InChI=1S/C21H22F2N6O2/c1-12-10-28(19-9-17(20(24)30)25-11-26-19)5-3-16(12)21(31)29-18(2-4-27-29)13-6-14(22)8-15(23)7-13/h4,6-9,11-12,16,18H,2-3,5,10H2,1H3,(H2,24,30)/t12-,16+,18-/m1/s1. The molecular formula is C21H22F2N6O2. The van der Waals surface area contributed by atoms with Gasteiger partial charge < -0.3 is 10.6 Å². The van der Waals surface area contributed by atoms with Gasteiger partial charge in [0.2, 0.25) is 5.91 Å². The molecule has 2 aromatic rings. The van der Waals surface area contributed by atoms with Crippen LogP contribution in [0.1, 0.15) is 41.9 Å². The highest BCUT2D eigenvalue weighted by molar-refractivity contribution is 5.91. The number of aromatic nitrogens is 2. The first-order valence-electron chi connectivity index (χ1n) is 10.0. The van der Waals surface area contributed by atoms with Gasteiger partial charge in [0, 0.05) is 43.8 Å². The molecule has 2 N–H and O–H groups in total. The molecule has 3 heterocycles. The molecule has 0 unspecified atom stereocenters. The molecule has 2 aliphatic rings. The normalized spacial score (nSPS) is 23.3. The van der Waals surface area contributed by atoms with E-state index in [0.717, 1.165) is 6.07 Å². The predicted octanol–water partition coefficient (Wildman–Crippen LogP) is 2.28.